The molecule has 152 valence electrons. The summed E-state index contributed by atoms with van der Waals surface area (Å²) in [5, 5.41) is 2.81. The first-order chi connectivity index (χ1) is 14.6. The Bertz CT molecular complexity index is 1150. The number of methoxy groups -OCH3 is 1. The summed E-state index contributed by atoms with van der Waals surface area (Å²) in [4.78, 5) is 35.7. The lowest BCUT2D eigenvalue weighted by Crippen LogP contribution is -2.47. The first-order valence-corrected chi connectivity index (χ1v) is 9.79. The molecular formula is C22H20N4O4. The van der Waals surface area contributed by atoms with Crippen LogP contribution in [0.25, 0.3) is 11.0 Å². The van der Waals surface area contributed by atoms with Crippen LogP contribution < -0.4 is 10.1 Å². The van der Waals surface area contributed by atoms with E-state index in [0.717, 1.165) is 5.56 Å². The van der Waals surface area contributed by atoms with E-state index in [4.69, 9.17) is 9.47 Å². The van der Waals surface area contributed by atoms with Crippen molar-refractivity contribution in [3.05, 3.63) is 59.7 Å². The fourth-order valence-corrected chi connectivity index (χ4v) is 4.18. The zero-order valence-electron chi connectivity index (χ0n) is 16.4. The van der Waals surface area contributed by atoms with E-state index in [0.29, 0.717) is 42.5 Å². The van der Waals surface area contributed by atoms with Gasteiger partial charge in [0.05, 0.1) is 23.7 Å². The minimum Gasteiger partial charge on any atom is -0.478 e. The van der Waals surface area contributed by atoms with Gasteiger partial charge in [-0.15, -0.1) is 0 Å². The van der Waals surface area contributed by atoms with Crippen LogP contribution in [0.15, 0.2) is 48.5 Å². The maximum atomic E-state index is 12.9. The maximum Gasteiger partial charge on any atom is 0.339 e. The van der Waals surface area contributed by atoms with Crippen molar-refractivity contribution in [2.45, 2.75) is 18.4 Å². The molecule has 0 atom stereocenters. The highest BCUT2D eigenvalue weighted by atomic mass is 16.6. The zero-order valence-corrected chi connectivity index (χ0v) is 16.4. The number of hydrogen-bond donors (Lipinski definition) is 1. The molecule has 8 heteroatoms. The van der Waals surface area contributed by atoms with E-state index in [9.17, 15) is 9.59 Å². The van der Waals surface area contributed by atoms with Gasteiger partial charge in [-0.25, -0.2) is 19.6 Å². The first-order valence-electron chi connectivity index (χ1n) is 9.79. The number of piperidine rings is 1. The Morgan fingerprint density at radius 1 is 1.07 bits per heavy atom. The van der Waals surface area contributed by atoms with Gasteiger partial charge in [0.2, 0.25) is 0 Å². The van der Waals surface area contributed by atoms with Gasteiger partial charge in [0.15, 0.2) is 5.82 Å². The molecule has 1 aromatic heterocycles. The number of anilines is 1. The van der Waals surface area contributed by atoms with Crippen molar-refractivity contribution in [3.63, 3.8) is 0 Å². The Kier molecular flexibility index (Phi) is 4.27. The number of esters is 1. The third kappa shape index (κ3) is 2.92. The van der Waals surface area contributed by atoms with Crippen LogP contribution in [0.1, 0.15) is 28.8 Å². The molecule has 0 bridgehead atoms. The summed E-state index contributed by atoms with van der Waals surface area (Å²) in [5.41, 5.74) is 2.24. The molecular weight excluding hydrogens is 384 g/mol. The van der Waals surface area contributed by atoms with Gasteiger partial charge in [-0.05, 0) is 18.2 Å². The van der Waals surface area contributed by atoms with Crippen molar-refractivity contribution in [1.29, 1.82) is 0 Å². The second-order valence-electron chi connectivity index (χ2n) is 7.42. The van der Waals surface area contributed by atoms with Gasteiger partial charge in [0, 0.05) is 31.5 Å². The van der Waals surface area contributed by atoms with Crippen LogP contribution in [0, 0.1) is 0 Å². The number of hydrogen-bond acceptors (Lipinski definition) is 6. The number of amides is 2. The molecule has 3 heterocycles. The largest absolute Gasteiger partial charge is 0.478 e. The van der Waals surface area contributed by atoms with Gasteiger partial charge in [0.1, 0.15) is 5.60 Å². The molecule has 1 N–H and O–H groups in total. The van der Waals surface area contributed by atoms with E-state index in [1.165, 1.54) is 7.11 Å². The molecule has 0 unspecified atom stereocenters. The van der Waals surface area contributed by atoms with Gasteiger partial charge >= 0.3 is 12.0 Å². The topological polar surface area (TPSA) is 93.7 Å². The number of fused-ring (bicyclic) bond motifs is 3. The Morgan fingerprint density at radius 3 is 2.47 bits per heavy atom. The molecule has 3 aromatic rings. The van der Waals surface area contributed by atoms with Gasteiger partial charge in [-0.1, -0.05) is 30.3 Å². The van der Waals surface area contributed by atoms with Crippen molar-refractivity contribution in [3.8, 4) is 5.88 Å². The van der Waals surface area contributed by atoms with E-state index < -0.39 is 5.60 Å². The number of rotatable bonds is 2. The van der Waals surface area contributed by atoms with E-state index in [2.05, 4.69) is 15.3 Å². The summed E-state index contributed by atoms with van der Waals surface area (Å²) in [5.74, 6) is 0.244. The van der Waals surface area contributed by atoms with Crippen LogP contribution in [0.3, 0.4) is 0 Å². The molecule has 1 fully saturated rings. The van der Waals surface area contributed by atoms with E-state index in [1.807, 2.05) is 42.5 Å². The number of ether oxygens (including phenoxy) is 2. The second kappa shape index (κ2) is 6.98. The molecule has 8 nitrogen and oxygen atoms in total. The molecule has 1 spiro atoms. The third-order valence-corrected chi connectivity index (χ3v) is 5.74. The van der Waals surface area contributed by atoms with Crippen molar-refractivity contribution in [1.82, 2.24) is 14.9 Å². The predicted octanol–water partition coefficient (Wildman–Crippen LogP) is 3.33. The summed E-state index contributed by atoms with van der Waals surface area (Å²) in [6, 6.07) is 14.6. The summed E-state index contributed by atoms with van der Waals surface area (Å²) >= 11 is 0. The smallest absolute Gasteiger partial charge is 0.339 e. The van der Waals surface area contributed by atoms with Crippen LogP contribution in [-0.2, 0) is 10.3 Å². The summed E-state index contributed by atoms with van der Waals surface area (Å²) in [7, 11) is 1.49. The van der Waals surface area contributed by atoms with Gasteiger partial charge in [-0.3, -0.25) is 5.32 Å². The number of urea groups is 1. The summed E-state index contributed by atoms with van der Waals surface area (Å²) in [6.45, 7) is 0.910. The molecule has 5 rings (SSSR count). The SMILES string of the molecule is COc1nc2ccccc2nc1NC(=O)N1CCC2(CC1)OC(=O)c1ccccc12. The van der Waals surface area contributed by atoms with Crippen LogP contribution in [0.4, 0.5) is 10.6 Å². The number of aromatic nitrogens is 2. The molecule has 0 radical (unpaired) electrons. The second-order valence-corrected chi connectivity index (χ2v) is 7.42. The number of carbonyl (C=O) groups is 2. The Labute approximate surface area is 172 Å². The average molecular weight is 404 g/mol. The van der Waals surface area contributed by atoms with Crippen molar-refractivity contribution < 1.29 is 19.1 Å². The third-order valence-electron chi connectivity index (χ3n) is 5.74. The standard InChI is InChI=1S/C22H20N4O4/c1-29-19-18(23-16-8-4-5-9-17(16)24-19)25-21(28)26-12-10-22(11-13-26)15-7-3-2-6-14(15)20(27)30-22/h2-9H,10-13H2,1H3,(H,23,25,28). The van der Waals surface area contributed by atoms with E-state index >= 15 is 0 Å². The fourth-order valence-electron chi connectivity index (χ4n) is 4.18. The lowest BCUT2D eigenvalue weighted by molar-refractivity contribution is -0.0363. The number of para-hydroxylation sites is 2. The molecule has 0 saturated carbocycles. The minimum atomic E-state index is -0.648. The lowest BCUT2D eigenvalue weighted by atomic mass is 9.84. The van der Waals surface area contributed by atoms with Crippen LogP contribution in [-0.4, -0.2) is 47.1 Å². The van der Waals surface area contributed by atoms with Crippen LogP contribution in [0.5, 0.6) is 5.88 Å². The zero-order chi connectivity index (χ0) is 20.7. The predicted molar refractivity (Wildman–Crippen MR) is 109 cm³/mol. The van der Waals surface area contributed by atoms with Crippen molar-refractivity contribution in [2.75, 3.05) is 25.5 Å². The molecule has 1 saturated heterocycles. The number of benzene rings is 2. The number of nitrogens with one attached hydrogen (secondary N) is 1. The van der Waals surface area contributed by atoms with Gasteiger partial charge in [0.25, 0.3) is 5.88 Å². The highest BCUT2D eigenvalue weighted by molar-refractivity contribution is 5.95. The number of likely N-dealkylation sites (tertiary alicyclic amines) is 1. The number of carbonyl (C=O) groups excluding carboxylic acids is 2. The van der Waals surface area contributed by atoms with Gasteiger partial charge < -0.3 is 14.4 Å². The van der Waals surface area contributed by atoms with Crippen molar-refractivity contribution >= 4 is 28.9 Å². The highest BCUT2D eigenvalue weighted by Crippen LogP contribution is 2.44. The minimum absolute atomic E-state index is 0.259. The van der Waals surface area contributed by atoms with E-state index in [-0.39, 0.29) is 23.7 Å². The quantitative estimate of drug-likeness (QED) is 0.659. The highest BCUT2D eigenvalue weighted by Gasteiger charge is 2.47. The average Bonchev–Trinajstić information content (AvgIpc) is 3.05. The normalized spacial score (nSPS) is 17.0. The van der Waals surface area contributed by atoms with Crippen molar-refractivity contribution in [2.24, 2.45) is 0 Å². The lowest BCUT2D eigenvalue weighted by Gasteiger charge is -2.38. The monoisotopic (exact) mass is 404 g/mol. The molecule has 2 amide bonds. The molecule has 2 aliphatic heterocycles. The first kappa shape index (κ1) is 18.4. The Morgan fingerprint density at radius 2 is 1.73 bits per heavy atom. The molecule has 2 aromatic carbocycles. The molecule has 2 aliphatic rings. The molecule has 30 heavy (non-hydrogen) atoms. The van der Waals surface area contributed by atoms with Crippen LogP contribution in [0.2, 0.25) is 0 Å². The van der Waals surface area contributed by atoms with Gasteiger partial charge in [-0.2, -0.15) is 0 Å². The Hall–Kier alpha value is -3.68. The number of nitrogens with zero attached hydrogens (tertiary/aromatic N) is 3. The Balaban J connectivity index is 1.33. The summed E-state index contributed by atoms with van der Waals surface area (Å²) in [6.07, 6.45) is 1.09. The summed E-state index contributed by atoms with van der Waals surface area (Å²) < 4.78 is 11.1. The fraction of sp³-hybridized carbons (Fsp3) is 0.273. The molecule has 0 aliphatic carbocycles. The van der Waals surface area contributed by atoms with E-state index in [1.54, 1.807) is 11.0 Å². The maximum absolute atomic E-state index is 12.9. The van der Waals surface area contributed by atoms with Crippen LogP contribution >= 0.6 is 0 Å².